The first-order valence-electron chi connectivity index (χ1n) is 10.4. The van der Waals surface area contributed by atoms with Gasteiger partial charge in [-0.2, -0.15) is 0 Å². The van der Waals surface area contributed by atoms with Gasteiger partial charge in [-0.25, -0.2) is 12.8 Å². The van der Waals surface area contributed by atoms with Crippen LogP contribution in [-0.4, -0.2) is 42.1 Å². The van der Waals surface area contributed by atoms with Crippen LogP contribution in [-0.2, 0) is 23.1 Å². The van der Waals surface area contributed by atoms with Crippen molar-refractivity contribution in [3.05, 3.63) is 65.1 Å². The van der Waals surface area contributed by atoms with E-state index in [4.69, 9.17) is 0 Å². The highest BCUT2D eigenvalue weighted by atomic mass is 32.2. The predicted molar refractivity (Wildman–Crippen MR) is 118 cm³/mol. The van der Waals surface area contributed by atoms with E-state index in [1.807, 2.05) is 0 Å². The Labute approximate surface area is 185 Å². The van der Waals surface area contributed by atoms with Crippen molar-refractivity contribution in [2.75, 3.05) is 17.1 Å². The maximum absolute atomic E-state index is 13.3. The Morgan fingerprint density at radius 2 is 1.94 bits per heavy atom. The number of nitrogens with zero attached hydrogens (tertiary/aromatic N) is 3. The third kappa shape index (κ3) is 3.56. The Balaban J connectivity index is 1.67. The van der Waals surface area contributed by atoms with Crippen LogP contribution >= 0.6 is 0 Å². The Bertz CT molecular complexity index is 1340. The molecule has 1 N–H and O–H groups in total. The van der Waals surface area contributed by atoms with Crippen molar-refractivity contribution in [3.63, 3.8) is 0 Å². The van der Waals surface area contributed by atoms with Crippen LogP contribution < -0.4 is 4.31 Å². The van der Waals surface area contributed by atoms with Gasteiger partial charge in [0.15, 0.2) is 5.75 Å². The lowest BCUT2D eigenvalue weighted by molar-refractivity contribution is 0.0764. The predicted octanol–water partition coefficient (Wildman–Crippen LogP) is 3.41. The van der Waals surface area contributed by atoms with Crippen molar-refractivity contribution in [2.45, 2.75) is 25.9 Å². The minimum atomic E-state index is -3.65. The largest absolute Gasteiger partial charge is 0.505 e. The molecule has 5 rings (SSSR count). The number of carbonyl (C=O) groups excluding carboxylic acids is 1. The van der Waals surface area contributed by atoms with Gasteiger partial charge in [-0.1, -0.05) is 12.1 Å². The number of phenolic OH excluding ortho intramolecular Hbond substituents is 1. The first kappa shape index (κ1) is 20.7. The monoisotopic (exact) mass is 455 g/mol. The summed E-state index contributed by atoms with van der Waals surface area (Å²) in [7, 11) is -3.65. The van der Waals surface area contributed by atoms with Crippen LogP contribution in [0.25, 0.3) is 10.9 Å². The number of hydrogen-bond acceptors (Lipinski definition) is 5. The highest BCUT2D eigenvalue weighted by molar-refractivity contribution is 7.92. The number of anilines is 1. The molecule has 166 valence electrons. The molecule has 0 radical (unpaired) electrons. The molecule has 0 bridgehead atoms. The lowest BCUT2D eigenvalue weighted by Gasteiger charge is -2.26. The number of amides is 1. The number of sulfonamides is 1. The smallest absolute Gasteiger partial charge is 0.258 e. The second kappa shape index (κ2) is 7.44. The number of phenols is 1. The highest BCUT2D eigenvalue weighted by Gasteiger charge is 2.39. The quantitative estimate of drug-likeness (QED) is 0.615. The maximum Gasteiger partial charge on any atom is 0.258 e. The Morgan fingerprint density at radius 3 is 2.59 bits per heavy atom. The van der Waals surface area contributed by atoms with Crippen molar-refractivity contribution < 1.29 is 22.7 Å². The number of fused-ring (bicyclic) bond motifs is 2. The molecule has 1 aliphatic carbocycles. The van der Waals surface area contributed by atoms with Gasteiger partial charge >= 0.3 is 0 Å². The molecule has 0 saturated heterocycles. The molecule has 1 saturated carbocycles. The molecule has 1 amide bonds. The van der Waals surface area contributed by atoms with Crippen LogP contribution in [0.5, 0.6) is 5.75 Å². The standard InChI is InChI=1S/C23H22FN3O4S/c1-32(30,31)27(12-15-4-5-15)21-17-3-2-10-25-20(17)22(28)19-18(21)13-26(23(19)29)11-14-6-8-16(24)9-7-14/h2-3,6-10,15,28H,4-5,11-13H2,1H3. The van der Waals surface area contributed by atoms with Crippen LogP contribution in [0.2, 0.25) is 0 Å². The van der Waals surface area contributed by atoms with E-state index in [-0.39, 0.29) is 41.7 Å². The number of aromatic nitrogens is 1. The fraction of sp³-hybridized carbons (Fsp3) is 0.304. The van der Waals surface area contributed by atoms with Gasteiger partial charge in [-0.15, -0.1) is 0 Å². The van der Waals surface area contributed by atoms with Crippen LogP contribution in [0.3, 0.4) is 0 Å². The van der Waals surface area contributed by atoms with E-state index < -0.39 is 15.9 Å². The van der Waals surface area contributed by atoms with Gasteiger partial charge in [0, 0.05) is 36.8 Å². The van der Waals surface area contributed by atoms with E-state index in [2.05, 4.69) is 4.98 Å². The maximum atomic E-state index is 13.3. The van der Waals surface area contributed by atoms with Gasteiger partial charge in [-0.3, -0.25) is 14.1 Å². The summed E-state index contributed by atoms with van der Waals surface area (Å²) in [6, 6.07) is 9.25. The van der Waals surface area contributed by atoms with Gasteiger partial charge in [0.05, 0.1) is 17.5 Å². The fourth-order valence-corrected chi connectivity index (χ4v) is 5.30. The summed E-state index contributed by atoms with van der Waals surface area (Å²) in [5, 5.41) is 11.4. The fourth-order valence-electron chi connectivity index (χ4n) is 4.28. The zero-order chi connectivity index (χ0) is 22.6. The number of halogens is 1. The molecule has 1 aliphatic heterocycles. The molecule has 32 heavy (non-hydrogen) atoms. The highest BCUT2D eigenvalue weighted by Crippen LogP contribution is 2.46. The van der Waals surface area contributed by atoms with Gasteiger partial charge in [-0.05, 0) is 48.6 Å². The van der Waals surface area contributed by atoms with Gasteiger partial charge in [0.2, 0.25) is 10.0 Å². The molecule has 2 heterocycles. The van der Waals surface area contributed by atoms with Crippen molar-refractivity contribution >= 4 is 32.5 Å². The van der Waals surface area contributed by atoms with Gasteiger partial charge in [0.25, 0.3) is 5.91 Å². The molecule has 0 spiro atoms. The van der Waals surface area contributed by atoms with Crippen LogP contribution in [0.1, 0.15) is 34.3 Å². The summed E-state index contributed by atoms with van der Waals surface area (Å²) in [5.74, 6) is -0.749. The van der Waals surface area contributed by atoms with E-state index in [0.717, 1.165) is 24.7 Å². The second-order valence-electron chi connectivity index (χ2n) is 8.48. The molecule has 2 aromatic carbocycles. The molecule has 1 aromatic heterocycles. The molecule has 9 heteroatoms. The van der Waals surface area contributed by atoms with Crippen LogP contribution in [0, 0.1) is 11.7 Å². The molecular formula is C23H22FN3O4S. The number of hydrogen-bond donors (Lipinski definition) is 1. The lowest BCUT2D eigenvalue weighted by Crippen LogP contribution is -2.33. The third-order valence-corrected chi connectivity index (χ3v) is 7.15. The molecular weight excluding hydrogens is 433 g/mol. The summed E-state index contributed by atoms with van der Waals surface area (Å²) in [4.78, 5) is 19.1. The summed E-state index contributed by atoms with van der Waals surface area (Å²) < 4.78 is 40.3. The topological polar surface area (TPSA) is 90.8 Å². The first-order valence-corrected chi connectivity index (χ1v) is 12.2. The first-order chi connectivity index (χ1) is 15.2. The molecule has 1 fully saturated rings. The zero-order valence-corrected chi connectivity index (χ0v) is 18.3. The summed E-state index contributed by atoms with van der Waals surface area (Å²) in [6.07, 6.45) is 4.57. The minimum absolute atomic E-state index is 0.0813. The van der Waals surface area contributed by atoms with Crippen LogP contribution in [0.15, 0.2) is 42.6 Å². The van der Waals surface area contributed by atoms with Crippen LogP contribution in [0.4, 0.5) is 10.1 Å². The van der Waals surface area contributed by atoms with Gasteiger partial charge < -0.3 is 10.0 Å². The lowest BCUT2D eigenvalue weighted by atomic mass is 10.0. The number of aromatic hydroxyl groups is 1. The number of carbonyl (C=O) groups is 1. The molecule has 2 aliphatic rings. The molecule has 3 aromatic rings. The third-order valence-electron chi connectivity index (χ3n) is 6.02. The van der Waals surface area contributed by atoms with E-state index in [9.17, 15) is 22.7 Å². The number of rotatable bonds is 6. The Hall–Kier alpha value is -3.20. The van der Waals surface area contributed by atoms with Gasteiger partial charge in [0.1, 0.15) is 11.3 Å². The average molecular weight is 456 g/mol. The van der Waals surface area contributed by atoms with Crippen molar-refractivity contribution in [3.8, 4) is 5.75 Å². The summed E-state index contributed by atoms with van der Waals surface area (Å²) in [6.45, 7) is 0.667. The van der Waals surface area contributed by atoms with Crippen molar-refractivity contribution in [2.24, 2.45) is 5.92 Å². The zero-order valence-electron chi connectivity index (χ0n) is 17.5. The average Bonchev–Trinajstić information content (AvgIpc) is 3.52. The summed E-state index contributed by atoms with van der Waals surface area (Å²) in [5.41, 5.74) is 1.89. The number of benzene rings is 2. The molecule has 0 atom stereocenters. The number of pyridine rings is 1. The van der Waals surface area contributed by atoms with E-state index in [1.54, 1.807) is 24.3 Å². The van der Waals surface area contributed by atoms with E-state index >= 15 is 0 Å². The van der Waals surface area contributed by atoms with Crippen molar-refractivity contribution in [1.29, 1.82) is 0 Å². The Kier molecular flexibility index (Phi) is 4.81. The SMILES string of the molecule is CS(=O)(=O)N(CC1CC1)c1c2c(c(O)c3ncccc13)C(=O)N(Cc1ccc(F)cc1)C2. The molecule has 7 nitrogen and oxygen atoms in total. The normalized spacial score (nSPS) is 15.9. The van der Waals surface area contributed by atoms with E-state index in [1.165, 1.54) is 27.5 Å². The summed E-state index contributed by atoms with van der Waals surface area (Å²) >= 11 is 0. The van der Waals surface area contributed by atoms with Crippen molar-refractivity contribution in [1.82, 2.24) is 9.88 Å². The Morgan fingerprint density at radius 1 is 1.22 bits per heavy atom. The van der Waals surface area contributed by atoms with E-state index in [0.29, 0.717) is 23.2 Å². The molecule has 0 unspecified atom stereocenters. The second-order valence-corrected chi connectivity index (χ2v) is 10.4. The minimum Gasteiger partial charge on any atom is -0.505 e.